The van der Waals surface area contributed by atoms with E-state index >= 15 is 0 Å². The second kappa shape index (κ2) is 6.29. The maximum atomic E-state index is 12.5. The summed E-state index contributed by atoms with van der Waals surface area (Å²) in [7, 11) is 0. The van der Waals surface area contributed by atoms with E-state index in [-0.39, 0.29) is 17.9 Å². The highest BCUT2D eigenvalue weighted by Crippen LogP contribution is 2.29. The van der Waals surface area contributed by atoms with Gasteiger partial charge in [0.25, 0.3) is 0 Å². The zero-order valence-corrected chi connectivity index (χ0v) is 13.3. The number of benzene rings is 1. The summed E-state index contributed by atoms with van der Waals surface area (Å²) in [5.74, 6) is -0.759. The van der Waals surface area contributed by atoms with Crippen LogP contribution in [0, 0.1) is 19.8 Å². The number of amides is 2. The summed E-state index contributed by atoms with van der Waals surface area (Å²) in [6.07, 6.45) is 1.46. The van der Waals surface area contributed by atoms with E-state index in [1.54, 1.807) is 4.90 Å². The monoisotopic (exact) mass is 288 g/mol. The fourth-order valence-electron chi connectivity index (χ4n) is 2.62. The minimum absolute atomic E-state index is 0.0792. The van der Waals surface area contributed by atoms with Gasteiger partial charge in [0.2, 0.25) is 11.8 Å². The first kappa shape index (κ1) is 15.5. The summed E-state index contributed by atoms with van der Waals surface area (Å²) in [5.41, 5.74) is 3.12. The molecular weight excluding hydrogens is 264 g/mol. The molecule has 2 amide bonds. The van der Waals surface area contributed by atoms with Crippen molar-refractivity contribution in [3.8, 4) is 0 Å². The third kappa shape index (κ3) is 3.26. The van der Waals surface area contributed by atoms with Crippen molar-refractivity contribution >= 4 is 17.5 Å². The van der Waals surface area contributed by atoms with Crippen LogP contribution in [0.5, 0.6) is 0 Å². The number of anilines is 1. The van der Waals surface area contributed by atoms with Gasteiger partial charge < -0.3 is 10.2 Å². The van der Waals surface area contributed by atoms with Crippen LogP contribution < -0.4 is 10.2 Å². The summed E-state index contributed by atoms with van der Waals surface area (Å²) < 4.78 is 0. The highest BCUT2D eigenvalue weighted by Gasteiger charge is 2.38. The minimum Gasteiger partial charge on any atom is -0.353 e. The lowest BCUT2D eigenvalue weighted by Crippen LogP contribution is -2.40. The fraction of sp³-hybridized carbons (Fsp3) is 0.529. The van der Waals surface area contributed by atoms with Gasteiger partial charge >= 0.3 is 0 Å². The third-order valence-corrected chi connectivity index (χ3v) is 4.18. The highest BCUT2D eigenvalue weighted by atomic mass is 16.2. The van der Waals surface area contributed by atoms with Crippen molar-refractivity contribution in [3.63, 3.8) is 0 Å². The maximum Gasteiger partial charge on any atom is 0.239 e. The Hall–Kier alpha value is -1.84. The second-order valence-corrected chi connectivity index (χ2v) is 5.94. The van der Waals surface area contributed by atoms with Gasteiger partial charge in [-0.1, -0.05) is 19.1 Å². The molecule has 1 fully saturated rings. The third-order valence-electron chi connectivity index (χ3n) is 4.18. The van der Waals surface area contributed by atoms with Crippen molar-refractivity contribution in [2.45, 2.75) is 46.6 Å². The normalized spacial score (nSPS) is 19.7. The first-order valence-electron chi connectivity index (χ1n) is 7.63. The van der Waals surface area contributed by atoms with E-state index in [1.807, 2.05) is 45.9 Å². The summed E-state index contributed by atoms with van der Waals surface area (Å²) >= 11 is 0. The topological polar surface area (TPSA) is 49.4 Å². The maximum absolute atomic E-state index is 12.5. The molecule has 0 aromatic heterocycles. The predicted molar refractivity (Wildman–Crippen MR) is 84.3 cm³/mol. The zero-order chi connectivity index (χ0) is 15.6. The average molecular weight is 288 g/mol. The van der Waals surface area contributed by atoms with E-state index < -0.39 is 5.92 Å². The molecule has 2 atom stereocenters. The van der Waals surface area contributed by atoms with Crippen molar-refractivity contribution in [1.29, 1.82) is 0 Å². The quantitative estimate of drug-likeness (QED) is 0.866. The van der Waals surface area contributed by atoms with Gasteiger partial charge in [0.05, 0.1) is 0 Å². The van der Waals surface area contributed by atoms with E-state index in [9.17, 15) is 9.59 Å². The highest BCUT2D eigenvalue weighted by molar-refractivity contribution is 6.10. The number of aryl methyl sites for hydroxylation is 2. The molecule has 1 heterocycles. The Morgan fingerprint density at radius 3 is 2.81 bits per heavy atom. The lowest BCUT2D eigenvalue weighted by Gasteiger charge is -2.20. The Kier molecular flexibility index (Phi) is 4.66. The number of hydrogen-bond donors (Lipinski definition) is 1. The minimum atomic E-state index is -0.543. The smallest absolute Gasteiger partial charge is 0.239 e. The molecule has 1 N–H and O–H groups in total. The molecule has 0 aliphatic carbocycles. The van der Waals surface area contributed by atoms with Crippen LogP contribution in [-0.2, 0) is 9.59 Å². The molecule has 1 aromatic carbocycles. The zero-order valence-electron chi connectivity index (χ0n) is 13.3. The number of carbonyl (C=O) groups is 2. The standard InChI is InChI=1S/C17H24N2O2/c1-5-13(4)18-16(20)14-8-9-19(17(14)21)15-10-11(2)6-7-12(15)3/h6-7,10,13-14H,5,8-9H2,1-4H3,(H,18,20)/t13-,14+/m1/s1. The van der Waals surface area contributed by atoms with Crippen LogP contribution in [0.1, 0.15) is 37.8 Å². The van der Waals surface area contributed by atoms with Crippen LogP contribution in [0.25, 0.3) is 0 Å². The van der Waals surface area contributed by atoms with Crippen molar-refractivity contribution in [2.75, 3.05) is 11.4 Å². The summed E-state index contributed by atoms with van der Waals surface area (Å²) in [4.78, 5) is 26.5. The van der Waals surface area contributed by atoms with E-state index in [0.29, 0.717) is 13.0 Å². The number of carbonyl (C=O) groups excluding carboxylic acids is 2. The van der Waals surface area contributed by atoms with Crippen LogP contribution in [-0.4, -0.2) is 24.4 Å². The molecule has 0 saturated carbocycles. The van der Waals surface area contributed by atoms with Crippen LogP contribution in [0.2, 0.25) is 0 Å². The van der Waals surface area contributed by atoms with Gasteiger partial charge in [0, 0.05) is 18.3 Å². The van der Waals surface area contributed by atoms with Crippen LogP contribution in [0.3, 0.4) is 0 Å². The molecule has 1 aliphatic rings. The van der Waals surface area contributed by atoms with Crippen molar-refractivity contribution in [3.05, 3.63) is 29.3 Å². The van der Waals surface area contributed by atoms with Gasteiger partial charge in [-0.15, -0.1) is 0 Å². The average Bonchev–Trinajstić information content (AvgIpc) is 2.83. The van der Waals surface area contributed by atoms with E-state index in [0.717, 1.165) is 23.2 Å². The lowest BCUT2D eigenvalue weighted by atomic mass is 10.1. The van der Waals surface area contributed by atoms with Gasteiger partial charge in [0.15, 0.2) is 0 Å². The van der Waals surface area contributed by atoms with E-state index in [2.05, 4.69) is 5.32 Å². The van der Waals surface area contributed by atoms with Gasteiger partial charge in [-0.25, -0.2) is 0 Å². The molecule has 0 spiro atoms. The molecule has 2 rings (SSSR count). The Morgan fingerprint density at radius 1 is 1.43 bits per heavy atom. The summed E-state index contributed by atoms with van der Waals surface area (Å²) in [6.45, 7) is 8.59. The lowest BCUT2D eigenvalue weighted by molar-refractivity contribution is -0.132. The molecule has 4 heteroatoms. The Bertz CT molecular complexity index is 554. The van der Waals surface area contributed by atoms with Gasteiger partial charge in [-0.3, -0.25) is 9.59 Å². The SMILES string of the molecule is CC[C@@H](C)NC(=O)[C@@H]1CCN(c2cc(C)ccc2C)C1=O. The number of hydrogen-bond acceptors (Lipinski definition) is 2. The van der Waals surface area contributed by atoms with Gasteiger partial charge in [-0.2, -0.15) is 0 Å². The number of nitrogens with one attached hydrogen (secondary N) is 1. The molecule has 1 aromatic rings. The molecule has 0 bridgehead atoms. The van der Waals surface area contributed by atoms with Gasteiger partial charge in [0.1, 0.15) is 5.92 Å². The molecule has 0 unspecified atom stereocenters. The number of rotatable bonds is 4. The van der Waals surface area contributed by atoms with Gasteiger partial charge in [-0.05, 0) is 50.8 Å². The van der Waals surface area contributed by atoms with Crippen LogP contribution >= 0.6 is 0 Å². The van der Waals surface area contributed by atoms with Crippen molar-refractivity contribution < 1.29 is 9.59 Å². The molecule has 1 aliphatic heterocycles. The first-order chi connectivity index (χ1) is 9.93. The molecule has 4 nitrogen and oxygen atoms in total. The summed E-state index contributed by atoms with van der Waals surface area (Å²) in [6, 6.07) is 6.18. The van der Waals surface area contributed by atoms with Crippen LogP contribution in [0.4, 0.5) is 5.69 Å². The number of nitrogens with zero attached hydrogens (tertiary/aromatic N) is 1. The fourth-order valence-corrected chi connectivity index (χ4v) is 2.62. The largest absolute Gasteiger partial charge is 0.353 e. The Balaban J connectivity index is 2.14. The van der Waals surface area contributed by atoms with Crippen molar-refractivity contribution in [1.82, 2.24) is 5.32 Å². The molecular formula is C17H24N2O2. The Morgan fingerprint density at radius 2 is 2.14 bits per heavy atom. The Labute approximate surface area is 126 Å². The van der Waals surface area contributed by atoms with E-state index in [1.165, 1.54) is 0 Å². The predicted octanol–water partition coefficient (Wildman–Crippen LogP) is 2.57. The molecule has 114 valence electrons. The first-order valence-corrected chi connectivity index (χ1v) is 7.63. The summed E-state index contributed by atoms with van der Waals surface area (Å²) in [5, 5.41) is 2.91. The van der Waals surface area contributed by atoms with Crippen molar-refractivity contribution in [2.24, 2.45) is 5.92 Å². The van der Waals surface area contributed by atoms with Crippen LogP contribution in [0.15, 0.2) is 18.2 Å². The molecule has 0 radical (unpaired) electrons. The van der Waals surface area contributed by atoms with E-state index in [4.69, 9.17) is 0 Å². The second-order valence-electron chi connectivity index (χ2n) is 5.94. The molecule has 21 heavy (non-hydrogen) atoms. The molecule has 1 saturated heterocycles.